The first kappa shape index (κ1) is 23.9. The van der Waals surface area contributed by atoms with Crippen LogP contribution in [0.3, 0.4) is 0 Å². The largest absolute Gasteiger partial charge is 0.329 e. The molecule has 0 spiro atoms. The van der Waals surface area contributed by atoms with E-state index in [1.165, 1.54) is 43.1 Å². The van der Waals surface area contributed by atoms with Crippen LogP contribution in [0.1, 0.15) is 79.6 Å². The third kappa shape index (κ3) is 5.92. The molecule has 1 aromatic carbocycles. The third-order valence-corrected chi connectivity index (χ3v) is 7.12. The van der Waals surface area contributed by atoms with E-state index < -0.39 is 5.54 Å². The summed E-state index contributed by atoms with van der Waals surface area (Å²) in [5.74, 6) is 0. The Balaban J connectivity index is 1.91. The van der Waals surface area contributed by atoms with Crippen molar-refractivity contribution < 1.29 is 0 Å². The molecule has 0 radical (unpaired) electrons. The average molecular weight is 444 g/mol. The summed E-state index contributed by atoms with van der Waals surface area (Å²) in [7, 11) is 0. The zero-order valence-electron chi connectivity index (χ0n) is 19.6. The molecule has 2 aromatic rings. The van der Waals surface area contributed by atoms with Crippen molar-refractivity contribution in [2.75, 3.05) is 0 Å². The summed E-state index contributed by atoms with van der Waals surface area (Å²) < 4.78 is 4.99. The number of allylic oxidation sites excluding steroid dienone is 2. The lowest BCUT2D eigenvalue weighted by Crippen LogP contribution is -2.47. The van der Waals surface area contributed by atoms with E-state index in [2.05, 4.69) is 29.6 Å². The molecule has 6 heteroatoms. The maximum absolute atomic E-state index is 13.4. The van der Waals surface area contributed by atoms with Crippen LogP contribution >= 0.6 is 11.9 Å². The number of hydrogen-bond donors (Lipinski definition) is 2. The molecule has 2 N–H and O–H groups in total. The van der Waals surface area contributed by atoms with Gasteiger partial charge >= 0.3 is 5.69 Å². The van der Waals surface area contributed by atoms with E-state index in [-0.39, 0.29) is 16.7 Å². The molecule has 0 amide bonds. The number of rotatable bonds is 7. The summed E-state index contributed by atoms with van der Waals surface area (Å²) in [6.45, 7) is 10.2. The summed E-state index contributed by atoms with van der Waals surface area (Å²) in [5.41, 5.74) is -0.732. The topological polar surface area (TPSA) is 66.9 Å². The highest BCUT2D eigenvalue weighted by molar-refractivity contribution is 7.97. The Morgan fingerprint density at radius 3 is 2.45 bits per heavy atom. The van der Waals surface area contributed by atoms with Crippen LogP contribution in [-0.2, 0) is 5.54 Å². The Bertz CT molecular complexity index is 1040. The molecular formula is C25H37N3O2S. The van der Waals surface area contributed by atoms with E-state index in [0.717, 1.165) is 4.90 Å². The van der Waals surface area contributed by atoms with Crippen LogP contribution in [0, 0.1) is 5.41 Å². The Morgan fingerprint density at radius 2 is 1.81 bits per heavy atom. The summed E-state index contributed by atoms with van der Waals surface area (Å²) in [5, 5.41) is 0.559. The lowest BCUT2D eigenvalue weighted by molar-refractivity contribution is 0.226. The SMILES string of the molecule is C/C=C/C(C)(C)CC(C)(C)n1c(=O)[nH]c2ccc(SNC3CCCCCC3)cc2c1=O. The van der Waals surface area contributed by atoms with Gasteiger partial charge in [0.2, 0.25) is 0 Å². The summed E-state index contributed by atoms with van der Waals surface area (Å²) in [4.78, 5) is 30.2. The van der Waals surface area contributed by atoms with Crippen molar-refractivity contribution in [1.29, 1.82) is 0 Å². The molecular weight excluding hydrogens is 406 g/mol. The fourth-order valence-electron chi connectivity index (χ4n) is 5.06. The molecule has 1 aliphatic carbocycles. The zero-order chi connectivity index (χ0) is 22.6. The van der Waals surface area contributed by atoms with Crippen LogP contribution in [0.5, 0.6) is 0 Å². The molecule has 1 aliphatic rings. The molecule has 3 rings (SSSR count). The van der Waals surface area contributed by atoms with Crippen LogP contribution in [-0.4, -0.2) is 15.6 Å². The molecule has 0 unspecified atom stereocenters. The molecule has 1 fully saturated rings. The van der Waals surface area contributed by atoms with Crippen LogP contribution in [0.4, 0.5) is 0 Å². The Labute approximate surface area is 189 Å². The van der Waals surface area contributed by atoms with Crippen LogP contribution < -0.4 is 16.0 Å². The molecule has 0 atom stereocenters. The van der Waals surface area contributed by atoms with E-state index in [1.54, 1.807) is 11.9 Å². The Hall–Kier alpha value is -1.79. The van der Waals surface area contributed by atoms with Crippen molar-refractivity contribution in [3.63, 3.8) is 0 Å². The number of aromatic amines is 1. The molecule has 1 heterocycles. The number of hydrogen-bond acceptors (Lipinski definition) is 4. The van der Waals surface area contributed by atoms with Gasteiger partial charge < -0.3 is 4.98 Å². The number of nitrogens with zero attached hydrogens (tertiary/aromatic N) is 1. The quantitative estimate of drug-likeness (QED) is 0.325. The minimum atomic E-state index is -0.621. The van der Waals surface area contributed by atoms with Crippen molar-refractivity contribution in [2.24, 2.45) is 5.41 Å². The maximum Gasteiger partial charge on any atom is 0.329 e. The summed E-state index contributed by atoms with van der Waals surface area (Å²) in [6.07, 6.45) is 12.4. The fraction of sp³-hybridized carbons (Fsp3) is 0.600. The zero-order valence-corrected chi connectivity index (χ0v) is 20.4. The molecule has 170 valence electrons. The van der Waals surface area contributed by atoms with Crippen molar-refractivity contribution in [3.05, 3.63) is 51.2 Å². The number of aromatic nitrogens is 2. The van der Waals surface area contributed by atoms with E-state index in [1.807, 2.05) is 45.0 Å². The minimum absolute atomic E-state index is 0.126. The Morgan fingerprint density at radius 1 is 1.13 bits per heavy atom. The van der Waals surface area contributed by atoms with Crippen LogP contribution in [0.25, 0.3) is 10.9 Å². The van der Waals surface area contributed by atoms with Crippen LogP contribution in [0.2, 0.25) is 0 Å². The molecule has 0 aliphatic heterocycles. The third-order valence-electron chi connectivity index (χ3n) is 6.18. The van der Waals surface area contributed by atoms with Gasteiger partial charge in [0.15, 0.2) is 0 Å². The van der Waals surface area contributed by atoms with E-state index in [0.29, 0.717) is 23.4 Å². The lowest BCUT2D eigenvalue weighted by Gasteiger charge is -2.34. The van der Waals surface area contributed by atoms with Crippen LogP contribution in [0.15, 0.2) is 44.8 Å². The smallest absolute Gasteiger partial charge is 0.307 e. The second-order valence-electron chi connectivity index (χ2n) is 10.2. The normalized spacial score (nSPS) is 16.8. The van der Waals surface area contributed by atoms with Gasteiger partial charge in [0.25, 0.3) is 5.56 Å². The van der Waals surface area contributed by atoms with Crippen molar-refractivity contribution in [2.45, 2.75) is 96.0 Å². The number of fused-ring (bicyclic) bond motifs is 1. The van der Waals surface area contributed by atoms with Crippen molar-refractivity contribution in [1.82, 2.24) is 14.3 Å². The molecule has 0 saturated heterocycles. The van der Waals surface area contributed by atoms with Gasteiger partial charge in [-0.25, -0.2) is 4.79 Å². The fourth-order valence-corrected chi connectivity index (χ4v) is 5.91. The van der Waals surface area contributed by atoms with E-state index in [4.69, 9.17) is 0 Å². The van der Waals surface area contributed by atoms with E-state index in [9.17, 15) is 9.59 Å². The van der Waals surface area contributed by atoms with E-state index >= 15 is 0 Å². The molecule has 0 bridgehead atoms. The highest BCUT2D eigenvalue weighted by atomic mass is 32.2. The molecule has 5 nitrogen and oxygen atoms in total. The van der Waals surface area contributed by atoms with Gasteiger partial charge in [-0.15, -0.1) is 0 Å². The van der Waals surface area contributed by atoms with Gasteiger partial charge in [0, 0.05) is 16.5 Å². The average Bonchev–Trinajstić information content (AvgIpc) is 2.94. The monoisotopic (exact) mass is 443 g/mol. The number of H-pyrrole nitrogens is 1. The number of nitrogens with one attached hydrogen (secondary N) is 2. The predicted molar refractivity (Wildman–Crippen MR) is 132 cm³/mol. The van der Waals surface area contributed by atoms with Gasteiger partial charge in [-0.05, 0) is 75.6 Å². The maximum atomic E-state index is 13.4. The van der Waals surface area contributed by atoms with Gasteiger partial charge in [-0.2, -0.15) is 0 Å². The minimum Gasteiger partial charge on any atom is -0.307 e. The predicted octanol–water partition coefficient (Wildman–Crippen LogP) is 5.74. The molecule has 1 aromatic heterocycles. The first-order chi connectivity index (χ1) is 14.6. The highest BCUT2D eigenvalue weighted by Crippen LogP contribution is 2.33. The summed E-state index contributed by atoms with van der Waals surface area (Å²) in [6, 6.07) is 6.24. The molecule has 31 heavy (non-hydrogen) atoms. The molecule has 1 saturated carbocycles. The van der Waals surface area contributed by atoms with Gasteiger partial charge in [-0.3, -0.25) is 14.1 Å². The lowest BCUT2D eigenvalue weighted by atomic mass is 9.79. The standard InChI is InChI=1S/C25H37N3O2S/c1-6-15-24(2,3)17-25(4,5)28-22(29)20-16-19(13-14-21(20)26-23(28)30)31-27-18-11-9-7-8-10-12-18/h6,13-16,18,27H,7-12,17H2,1-5H3,(H,26,30)/b15-6+. The highest BCUT2D eigenvalue weighted by Gasteiger charge is 2.31. The van der Waals surface area contributed by atoms with Crippen molar-refractivity contribution in [3.8, 4) is 0 Å². The van der Waals surface area contributed by atoms with Gasteiger partial charge in [0.05, 0.1) is 10.9 Å². The second-order valence-corrected chi connectivity index (χ2v) is 11.1. The van der Waals surface area contributed by atoms with Crippen molar-refractivity contribution >= 4 is 22.9 Å². The van der Waals surface area contributed by atoms with Gasteiger partial charge in [0.1, 0.15) is 0 Å². The Kier molecular flexibility index (Phi) is 7.53. The first-order valence-corrected chi connectivity index (χ1v) is 12.3. The second kappa shape index (κ2) is 9.78. The summed E-state index contributed by atoms with van der Waals surface area (Å²) >= 11 is 1.59. The first-order valence-electron chi connectivity index (χ1n) is 11.5. The number of benzene rings is 1. The van der Waals surface area contributed by atoms with Gasteiger partial charge in [-0.1, -0.05) is 51.7 Å².